The standard InChI is InChI=1S/C13H15F2NO2/c14-10-3-4-12(15)9(6-10)8-16-5-1-2-11(16)7-13(17)18/h3-4,6,11H,1-2,5,7-8H2,(H,17,18). The molecule has 0 saturated carbocycles. The number of carboxylic acids is 1. The van der Waals surface area contributed by atoms with Crippen molar-refractivity contribution in [3.8, 4) is 0 Å². The zero-order valence-corrected chi connectivity index (χ0v) is 9.90. The van der Waals surface area contributed by atoms with Crippen molar-refractivity contribution in [1.82, 2.24) is 4.90 Å². The Hall–Kier alpha value is -1.49. The maximum absolute atomic E-state index is 13.5. The molecule has 1 fully saturated rings. The molecule has 1 aliphatic rings. The van der Waals surface area contributed by atoms with Gasteiger partial charge in [0.15, 0.2) is 0 Å². The van der Waals surface area contributed by atoms with Gasteiger partial charge in [0.05, 0.1) is 6.42 Å². The fourth-order valence-corrected chi connectivity index (χ4v) is 2.42. The molecule has 1 aromatic carbocycles. The molecule has 1 aliphatic heterocycles. The minimum atomic E-state index is -0.855. The lowest BCUT2D eigenvalue weighted by Gasteiger charge is -2.23. The maximum atomic E-state index is 13.5. The molecule has 1 atom stereocenters. The molecule has 1 N–H and O–H groups in total. The van der Waals surface area contributed by atoms with E-state index in [9.17, 15) is 13.6 Å². The summed E-state index contributed by atoms with van der Waals surface area (Å²) in [6, 6.07) is 3.28. The zero-order chi connectivity index (χ0) is 13.1. The quantitative estimate of drug-likeness (QED) is 0.898. The van der Waals surface area contributed by atoms with E-state index >= 15 is 0 Å². The summed E-state index contributed by atoms with van der Waals surface area (Å²) in [6.45, 7) is 0.995. The summed E-state index contributed by atoms with van der Waals surface area (Å²) < 4.78 is 26.6. The molecule has 0 aromatic heterocycles. The van der Waals surface area contributed by atoms with Gasteiger partial charge in [-0.1, -0.05) is 0 Å². The van der Waals surface area contributed by atoms with Crippen molar-refractivity contribution >= 4 is 5.97 Å². The van der Waals surface area contributed by atoms with Crippen molar-refractivity contribution in [1.29, 1.82) is 0 Å². The number of hydrogen-bond donors (Lipinski definition) is 1. The Kier molecular flexibility index (Phi) is 3.91. The van der Waals surface area contributed by atoms with Gasteiger partial charge in [-0.25, -0.2) is 8.78 Å². The van der Waals surface area contributed by atoms with Crippen LogP contribution in [0, 0.1) is 11.6 Å². The van der Waals surface area contributed by atoms with Crippen LogP contribution in [-0.4, -0.2) is 28.6 Å². The number of carboxylic acid groups (broad SMARTS) is 1. The molecule has 0 radical (unpaired) electrons. The highest BCUT2D eigenvalue weighted by atomic mass is 19.1. The monoisotopic (exact) mass is 255 g/mol. The molecule has 0 spiro atoms. The molecule has 1 heterocycles. The van der Waals surface area contributed by atoms with E-state index in [1.807, 2.05) is 4.90 Å². The molecule has 0 aliphatic carbocycles. The lowest BCUT2D eigenvalue weighted by molar-refractivity contribution is -0.138. The molecule has 0 bridgehead atoms. The molecule has 1 unspecified atom stereocenters. The summed E-state index contributed by atoms with van der Waals surface area (Å²) in [5, 5.41) is 8.80. The van der Waals surface area contributed by atoms with E-state index < -0.39 is 17.6 Å². The van der Waals surface area contributed by atoms with Crippen LogP contribution < -0.4 is 0 Å². The molecular weight excluding hydrogens is 240 g/mol. The molecule has 5 heteroatoms. The molecule has 3 nitrogen and oxygen atoms in total. The second-order valence-electron chi connectivity index (χ2n) is 4.60. The van der Waals surface area contributed by atoms with Crippen LogP contribution in [0.4, 0.5) is 8.78 Å². The van der Waals surface area contributed by atoms with Gasteiger partial charge in [0, 0.05) is 18.2 Å². The van der Waals surface area contributed by atoms with E-state index in [0.717, 1.165) is 31.5 Å². The number of benzene rings is 1. The van der Waals surface area contributed by atoms with Crippen LogP contribution in [0.1, 0.15) is 24.8 Å². The first kappa shape index (κ1) is 13.0. The summed E-state index contributed by atoms with van der Waals surface area (Å²) >= 11 is 0. The maximum Gasteiger partial charge on any atom is 0.304 e. The third-order valence-corrected chi connectivity index (χ3v) is 3.29. The molecular formula is C13H15F2NO2. The van der Waals surface area contributed by atoms with E-state index in [4.69, 9.17) is 5.11 Å². The lowest BCUT2D eigenvalue weighted by atomic mass is 10.1. The van der Waals surface area contributed by atoms with Gasteiger partial charge in [-0.2, -0.15) is 0 Å². The highest BCUT2D eigenvalue weighted by Gasteiger charge is 2.27. The van der Waals surface area contributed by atoms with Crippen LogP contribution in [0.25, 0.3) is 0 Å². The van der Waals surface area contributed by atoms with Gasteiger partial charge in [-0.05, 0) is 37.6 Å². The lowest BCUT2D eigenvalue weighted by Crippen LogP contribution is -2.31. The Morgan fingerprint density at radius 2 is 2.22 bits per heavy atom. The van der Waals surface area contributed by atoms with E-state index in [1.54, 1.807) is 0 Å². The highest BCUT2D eigenvalue weighted by molar-refractivity contribution is 5.67. The molecule has 0 amide bonds. The first-order valence-electron chi connectivity index (χ1n) is 5.96. The Morgan fingerprint density at radius 1 is 1.44 bits per heavy atom. The summed E-state index contributed by atoms with van der Waals surface area (Å²) in [4.78, 5) is 12.6. The molecule has 2 rings (SSSR count). The average Bonchev–Trinajstić information content (AvgIpc) is 2.70. The minimum absolute atomic E-state index is 0.0525. The number of halogens is 2. The summed E-state index contributed by atoms with van der Waals surface area (Å²) in [6.07, 6.45) is 1.75. The van der Waals surface area contributed by atoms with Gasteiger partial charge in [0.1, 0.15) is 11.6 Å². The molecule has 1 aromatic rings. The molecule has 1 saturated heterocycles. The van der Waals surface area contributed by atoms with Crippen LogP contribution in [0.5, 0.6) is 0 Å². The van der Waals surface area contributed by atoms with Crippen LogP contribution >= 0.6 is 0 Å². The Labute approximate surface area is 104 Å². The number of aliphatic carboxylic acids is 1. The van der Waals surface area contributed by atoms with Gasteiger partial charge < -0.3 is 5.11 Å². The second kappa shape index (κ2) is 5.44. The van der Waals surface area contributed by atoms with Gasteiger partial charge in [0.2, 0.25) is 0 Å². The third kappa shape index (κ3) is 3.04. The Morgan fingerprint density at radius 3 is 2.94 bits per heavy atom. The SMILES string of the molecule is O=C(O)CC1CCCN1Cc1cc(F)ccc1F. The topological polar surface area (TPSA) is 40.5 Å². The van der Waals surface area contributed by atoms with E-state index in [2.05, 4.69) is 0 Å². The fourth-order valence-electron chi connectivity index (χ4n) is 2.42. The third-order valence-electron chi connectivity index (χ3n) is 3.29. The van der Waals surface area contributed by atoms with Crippen molar-refractivity contribution < 1.29 is 18.7 Å². The van der Waals surface area contributed by atoms with Crippen LogP contribution in [0.2, 0.25) is 0 Å². The summed E-state index contributed by atoms with van der Waals surface area (Å²) in [7, 11) is 0. The number of likely N-dealkylation sites (tertiary alicyclic amines) is 1. The molecule has 18 heavy (non-hydrogen) atoms. The smallest absolute Gasteiger partial charge is 0.304 e. The van der Waals surface area contributed by atoms with Crippen molar-refractivity contribution in [2.45, 2.75) is 31.8 Å². The summed E-state index contributed by atoms with van der Waals surface area (Å²) in [5.41, 5.74) is 0.285. The number of carbonyl (C=O) groups is 1. The van der Waals surface area contributed by atoms with E-state index in [-0.39, 0.29) is 24.6 Å². The first-order chi connectivity index (χ1) is 8.56. The predicted molar refractivity (Wildman–Crippen MR) is 62.0 cm³/mol. The minimum Gasteiger partial charge on any atom is -0.481 e. The van der Waals surface area contributed by atoms with Crippen molar-refractivity contribution in [3.63, 3.8) is 0 Å². The Bertz CT molecular complexity index is 451. The van der Waals surface area contributed by atoms with Crippen molar-refractivity contribution in [2.24, 2.45) is 0 Å². The van der Waals surface area contributed by atoms with Crippen LogP contribution in [0.3, 0.4) is 0 Å². The predicted octanol–water partition coefficient (Wildman–Crippen LogP) is 2.40. The number of hydrogen-bond acceptors (Lipinski definition) is 2. The summed E-state index contributed by atoms with van der Waals surface area (Å²) in [5.74, 6) is -1.77. The Balaban J connectivity index is 2.08. The first-order valence-corrected chi connectivity index (χ1v) is 5.96. The van der Waals surface area contributed by atoms with Crippen molar-refractivity contribution in [2.75, 3.05) is 6.54 Å². The fraction of sp³-hybridized carbons (Fsp3) is 0.462. The molecule has 98 valence electrons. The van der Waals surface area contributed by atoms with Crippen LogP contribution in [0.15, 0.2) is 18.2 Å². The van der Waals surface area contributed by atoms with Crippen molar-refractivity contribution in [3.05, 3.63) is 35.4 Å². The normalized spacial score (nSPS) is 20.2. The van der Waals surface area contributed by atoms with Gasteiger partial charge >= 0.3 is 5.97 Å². The zero-order valence-electron chi connectivity index (χ0n) is 9.90. The second-order valence-corrected chi connectivity index (χ2v) is 4.60. The highest BCUT2D eigenvalue weighted by Crippen LogP contribution is 2.23. The largest absolute Gasteiger partial charge is 0.481 e. The van der Waals surface area contributed by atoms with Crippen LogP contribution in [-0.2, 0) is 11.3 Å². The van der Waals surface area contributed by atoms with E-state index in [1.165, 1.54) is 6.07 Å². The average molecular weight is 255 g/mol. The van der Waals surface area contributed by atoms with Gasteiger partial charge in [0.25, 0.3) is 0 Å². The number of nitrogens with zero attached hydrogens (tertiary/aromatic N) is 1. The van der Waals surface area contributed by atoms with E-state index in [0.29, 0.717) is 0 Å². The number of rotatable bonds is 4. The van der Waals surface area contributed by atoms with Gasteiger partial charge in [-0.3, -0.25) is 9.69 Å². The van der Waals surface area contributed by atoms with Gasteiger partial charge in [-0.15, -0.1) is 0 Å².